The summed E-state index contributed by atoms with van der Waals surface area (Å²) in [5.41, 5.74) is 0.125. The molecule has 318 valence electrons. The number of aliphatic carboxylic acids is 1. The number of rotatable bonds is 26. The number of amides is 4. The number of likely N-dealkylation sites (N-methyl/N-ethyl adjacent to an activating group) is 2. The van der Waals surface area contributed by atoms with Gasteiger partial charge in [0, 0.05) is 34.2 Å². The fraction of sp³-hybridized carbons (Fsp3) is 0.744. The second-order valence-corrected chi connectivity index (χ2v) is 16.6. The molecule has 0 saturated heterocycles. The van der Waals surface area contributed by atoms with Gasteiger partial charge in [-0.15, -0.1) is 0 Å². The highest BCUT2D eigenvalue weighted by atomic mass is 16.5. The molecule has 1 aliphatic carbocycles. The van der Waals surface area contributed by atoms with Crippen molar-refractivity contribution in [3.8, 4) is 0 Å². The summed E-state index contributed by atoms with van der Waals surface area (Å²) in [5.74, 6) is -2.62. The number of methoxy groups -OCH3 is 2. The van der Waals surface area contributed by atoms with Gasteiger partial charge < -0.3 is 35.4 Å². The monoisotopic (exact) mass is 788 g/mol. The summed E-state index contributed by atoms with van der Waals surface area (Å²) in [4.78, 5) is 70.0. The Balaban J connectivity index is 2.01. The average Bonchev–Trinajstić information content (AvgIpc) is 3.88. The van der Waals surface area contributed by atoms with Gasteiger partial charge >= 0.3 is 5.97 Å². The lowest BCUT2D eigenvalue weighted by atomic mass is 9.89. The topological polar surface area (TPSA) is 167 Å². The zero-order valence-corrected chi connectivity index (χ0v) is 36.2. The lowest BCUT2D eigenvalue weighted by molar-refractivity contribution is -0.144. The summed E-state index contributed by atoms with van der Waals surface area (Å²) in [7, 11) is 6.81. The number of carboxylic acids is 1. The van der Waals surface area contributed by atoms with E-state index in [0.717, 1.165) is 24.9 Å². The molecule has 0 unspecified atom stereocenters. The van der Waals surface area contributed by atoms with Gasteiger partial charge in [0.05, 0.1) is 36.1 Å². The van der Waals surface area contributed by atoms with Gasteiger partial charge in [0.2, 0.25) is 23.6 Å². The maximum Gasteiger partial charge on any atom is 0.326 e. The lowest BCUT2D eigenvalue weighted by Crippen LogP contribution is -2.59. The SMILES string of the molecule is CCCN(C)[C@H](C(=O)N[C@H](C(=O)N(C)[C@@H]([C@@H](C)CC)[C@@H](CC(=O)NCCC[C@@H]1C[C@@]1(OC)[C@@H](C)C(=O)N[C@@H](Cc1ccccc1)C(=O)O)OC)C(C)C)C(C)C. The van der Waals surface area contributed by atoms with Crippen LogP contribution in [-0.2, 0) is 39.9 Å². The summed E-state index contributed by atoms with van der Waals surface area (Å²) < 4.78 is 11.8. The van der Waals surface area contributed by atoms with Crippen LogP contribution in [0.5, 0.6) is 0 Å². The Morgan fingerprint density at radius 3 is 2.09 bits per heavy atom. The first-order valence-corrected chi connectivity index (χ1v) is 20.6. The molecule has 1 saturated carbocycles. The molecular weight excluding hydrogens is 715 g/mol. The van der Waals surface area contributed by atoms with Gasteiger partial charge in [-0.3, -0.25) is 24.1 Å². The van der Waals surface area contributed by atoms with Crippen LogP contribution in [0.2, 0.25) is 0 Å². The van der Waals surface area contributed by atoms with E-state index < -0.39 is 41.7 Å². The summed E-state index contributed by atoms with van der Waals surface area (Å²) in [6.07, 6.45) is 3.35. The van der Waals surface area contributed by atoms with E-state index in [-0.39, 0.29) is 66.2 Å². The third kappa shape index (κ3) is 13.3. The molecule has 4 amide bonds. The maximum absolute atomic E-state index is 14.2. The Bertz CT molecular complexity index is 1410. The standard InChI is InChI=1S/C43H73N5O8/c1-13-23-47(9)37(28(5)6)40(51)46-36(27(3)4)41(52)48(10)38(29(7)14-2)34(55-11)25-35(49)44-22-18-21-32-26-43(32,56-12)30(8)39(50)45-33(42(53)54)24-31-19-16-15-17-20-31/h15-17,19-20,27-30,32-34,36-38H,13-14,18,21-26H2,1-12H3,(H,44,49)(H,45,50)(H,46,51)(H,53,54)/t29-,30-,32+,33-,34+,36-,37-,38-,43+/m0/s1. The largest absolute Gasteiger partial charge is 0.480 e. The second-order valence-electron chi connectivity index (χ2n) is 16.6. The van der Waals surface area contributed by atoms with E-state index in [1.165, 1.54) is 0 Å². The van der Waals surface area contributed by atoms with Crippen LogP contribution in [0.3, 0.4) is 0 Å². The number of carboxylic acid groups (broad SMARTS) is 1. The maximum atomic E-state index is 14.2. The van der Waals surface area contributed by atoms with Crippen LogP contribution >= 0.6 is 0 Å². The van der Waals surface area contributed by atoms with Crippen molar-refractivity contribution in [1.82, 2.24) is 25.8 Å². The molecule has 0 aromatic heterocycles. The molecular formula is C43H73N5O8. The number of nitrogens with zero attached hydrogens (tertiary/aromatic N) is 2. The Hall–Kier alpha value is -3.55. The van der Waals surface area contributed by atoms with E-state index in [4.69, 9.17) is 9.47 Å². The number of hydrogen-bond donors (Lipinski definition) is 4. The predicted octanol–water partition coefficient (Wildman–Crippen LogP) is 4.52. The Labute approximate surface area is 336 Å². The minimum Gasteiger partial charge on any atom is -0.480 e. The van der Waals surface area contributed by atoms with E-state index in [9.17, 15) is 29.1 Å². The molecule has 13 heteroatoms. The summed E-state index contributed by atoms with van der Waals surface area (Å²) in [5, 5.41) is 18.6. The fourth-order valence-electron chi connectivity index (χ4n) is 8.23. The Morgan fingerprint density at radius 2 is 1.57 bits per heavy atom. The molecule has 56 heavy (non-hydrogen) atoms. The van der Waals surface area contributed by atoms with E-state index in [2.05, 4.69) is 22.9 Å². The molecule has 1 aromatic carbocycles. The molecule has 0 radical (unpaired) electrons. The average molecular weight is 788 g/mol. The fourth-order valence-corrected chi connectivity index (χ4v) is 8.23. The molecule has 0 bridgehead atoms. The van der Waals surface area contributed by atoms with Crippen LogP contribution in [0.15, 0.2) is 30.3 Å². The van der Waals surface area contributed by atoms with Crippen molar-refractivity contribution in [2.24, 2.45) is 29.6 Å². The number of nitrogens with one attached hydrogen (secondary N) is 3. The highest BCUT2D eigenvalue weighted by molar-refractivity contribution is 5.90. The zero-order chi connectivity index (χ0) is 42.3. The predicted molar refractivity (Wildman–Crippen MR) is 219 cm³/mol. The molecule has 2 rings (SSSR count). The molecule has 0 spiro atoms. The molecule has 13 nitrogen and oxygen atoms in total. The lowest BCUT2D eigenvalue weighted by Gasteiger charge is -2.40. The van der Waals surface area contributed by atoms with Crippen molar-refractivity contribution in [2.75, 3.05) is 41.4 Å². The highest BCUT2D eigenvalue weighted by Gasteiger charge is 2.59. The smallest absolute Gasteiger partial charge is 0.326 e. The third-order valence-corrected chi connectivity index (χ3v) is 11.8. The highest BCUT2D eigenvalue weighted by Crippen LogP contribution is 2.54. The normalized spacial score (nSPS) is 20.4. The van der Waals surface area contributed by atoms with Crippen molar-refractivity contribution in [3.05, 3.63) is 35.9 Å². The van der Waals surface area contributed by atoms with Crippen molar-refractivity contribution in [2.45, 2.75) is 136 Å². The van der Waals surface area contributed by atoms with Crippen LogP contribution < -0.4 is 16.0 Å². The zero-order valence-electron chi connectivity index (χ0n) is 36.2. The quantitative estimate of drug-likeness (QED) is 0.0988. The first kappa shape index (κ1) is 48.6. The van der Waals surface area contributed by atoms with E-state index in [0.29, 0.717) is 25.8 Å². The third-order valence-electron chi connectivity index (χ3n) is 11.8. The van der Waals surface area contributed by atoms with Crippen molar-refractivity contribution in [3.63, 3.8) is 0 Å². The van der Waals surface area contributed by atoms with Gasteiger partial charge in [-0.2, -0.15) is 0 Å². The van der Waals surface area contributed by atoms with Gasteiger partial charge in [0.15, 0.2) is 0 Å². The minimum atomic E-state index is -1.09. The van der Waals surface area contributed by atoms with Gasteiger partial charge in [0.1, 0.15) is 12.1 Å². The van der Waals surface area contributed by atoms with E-state index >= 15 is 0 Å². The van der Waals surface area contributed by atoms with E-state index in [1.807, 2.05) is 83.8 Å². The summed E-state index contributed by atoms with van der Waals surface area (Å²) >= 11 is 0. The van der Waals surface area contributed by atoms with E-state index in [1.54, 1.807) is 33.1 Å². The van der Waals surface area contributed by atoms with Gasteiger partial charge in [0.25, 0.3) is 0 Å². The number of benzene rings is 1. The Morgan fingerprint density at radius 1 is 0.929 bits per heavy atom. The van der Waals surface area contributed by atoms with Crippen molar-refractivity contribution >= 4 is 29.6 Å². The molecule has 0 aliphatic heterocycles. The number of hydrogen-bond acceptors (Lipinski definition) is 8. The van der Waals surface area contributed by atoms with Crippen LogP contribution in [-0.4, -0.2) is 122 Å². The Kier molecular flexibility index (Phi) is 20.0. The second kappa shape index (κ2) is 23.0. The number of ether oxygens (including phenoxy) is 2. The van der Waals surface area contributed by atoms with Gasteiger partial charge in [-0.25, -0.2) is 4.79 Å². The van der Waals surface area contributed by atoms with Crippen LogP contribution in [0.4, 0.5) is 0 Å². The van der Waals surface area contributed by atoms with Crippen LogP contribution in [0, 0.1) is 29.6 Å². The minimum absolute atomic E-state index is 0.00431. The van der Waals surface area contributed by atoms with Crippen molar-refractivity contribution in [1.29, 1.82) is 0 Å². The first-order chi connectivity index (χ1) is 26.4. The number of carbonyl (C=O) groups is 5. The molecule has 4 N–H and O–H groups in total. The van der Waals surface area contributed by atoms with Crippen LogP contribution in [0.1, 0.15) is 99.5 Å². The van der Waals surface area contributed by atoms with Gasteiger partial charge in [-0.1, -0.05) is 92.1 Å². The molecule has 9 atom stereocenters. The molecule has 1 aliphatic rings. The van der Waals surface area contributed by atoms with Crippen LogP contribution in [0.25, 0.3) is 0 Å². The molecule has 1 fully saturated rings. The molecule has 0 heterocycles. The summed E-state index contributed by atoms with van der Waals surface area (Å²) in [6, 6.07) is 6.60. The van der Waals surface area contributed by atoms with Crippen molar-refractivity contribution < 1.29 is 38.6 Å². The summed E-state index contributed by atoms with van der Waals surface area (Å²) in [6.45, 7) is 17.0. The van der Waals surface area contributed by atoms with Gasteiger partial charge in [-0.05, 0) is 68.5 Å². The number of carbonyl (C=O) groups excluding carboxylic acids is 4. The molecule has 1 aromatic rings. The first-order valence-electron chi connectivity index (χ1n) is 20.6.